The highest BCUT2D eigenvalue weighted by molar-refractivity contribution is 7.89. The Morgan fingerprint density at radius 2 is 1.73 bits per heavy atom. The van der Waals surface area contributed by atoms with E-state index in [1.165, 1.54) is 12.1 Å². The fourth-order valence-corrected chi connectivity index (χ4v) is 3.65. The fourth-order valence-electron chi connectivity index (χ4n) is 3.11. The van der Waals surface area contributed by atoms with Gasteiger partial charge in [-0.2, -0.15) is 0 Å². The van der Waals surface area contributed by atoms with E-state index in [0.29, 0.717) is 31.9 Å². The van der Waals surface area contributed by atoms with Crippen molar-refractivity contribution in [3.8, 4) is 0 Å². The van der Waals surface area contributed by atoms with Crippen LogP contribution < -0.4 is 14.9 Å². The SMILES string of the molecule is Cc1ccncc1N1CCN(c2ccc(S(N)(=O)=O)cc2C(=O)O)CC1. The predicted octanol–water partition coefficient (Wildman–Crippen LogP) is 1.06. The molecule has 1 aromatic heterocycles. The molecule has 26 heavy (non-hydrogen) atoms. The van der Waals surface area contributed by atoms with Gasteiger partial charge in [-0.3, -0.25) is 4.98 Å². The molecule has 3 N–H and O–H groups in total. The van der Waals surface area contributed by atoms with E-state index in [-0.39, 0.29) is 10.5 Å². The molecule has 1 fully saturated rings. The number of sulfonamides is 1. The second-order valence-corrected chi connectivity index (χ2v) is 7.73. The summed E-state index contributed by atoms with van der Waals surface area (Å²) >= 11 is 0. The summed E-state index contributed by atoms with van der Waals surface area (Å²) in [6, 6.07) is 5.92. The molecule has 1 aliphatic rings. The number of aryl methyl sites for hydroxylation is 1. The van der Waals surface area contributed by atoms with Gasteiger partial charge >= 0.3 is 5.97 Å². The third kappa shape index (κ3) is 3.63. The molecule has 0 saturated carbocycles. The number of piperazine rings is 1. The van der Waals surface area contributed by atoms with E-state index in [0.717, 1.165) is 17.3 Å². The Labute approximate surface area is 151 Å². The average molecular weight is 376 g/mol. The normalized spacial score (nSPS) is 15.2. The molecule has 8 nitrogen and oxygen atoms in total. The zero-order valence-corrected chi connectivity index (χ0v) is 15.1. The van der Waals surface area contributed by atoms with E-state index in [1.54, 1.807) is 6.20 Å². The number of primary sulfonamides is 1. The third-order valence-electron chi connectivity index (χ3n) is 4.50. The molecular formula is C17H20N4O4S. The van der Waals surface area contributed by atoms with Crippen molar-refractivity contribution in [2.75, 3.05) is 36.0 Å². The Bertz CT molecular complexity index is 938. The second-order valence-electron chi connectivity index (χ2n) is 6.17. The van der Waals surface area contributed by atoms with Crippen LogP contribution in [0.25, 0.3) is 0 Å². The number of hydrogen-bond acceptors (Lipinski definition) is 6. The minimum absolute atomic E-state index is 0.0671. The van der Waals surface area contributed by atoms with Gasteiger partial charge in [-0.25, -0.2) is 18.4 Å². The quantitative estimate of drug-likeness (QED) is 0.819. The van der Waals surface area contributed by atoms with Crippen molar-refractivity contribution in [3.05, 3.63) is 47.8 Å². The molecule has 2 heterocycles. The molecule has 0 unspecified atom stereocenters. The van der Waals surface area contributed by atoms with Crippen LogP contribution >= 0.6 is 0 Å². The Hall–Kier alpha value is -2.65. The third-order valence-corrected chi connectivity index (χ3v) is 5.41. The molecule has 9 heteroatoms. The lowest BCUT2D eigenvalue weighted by Crippen LogP contribution is -2.47. The molecule has 0 radical (unpaired) electrons. The van der Waals surface area contributed by atoms with E-state index in [1.807, 2.05) is 24.1 Å². The lowest BCUT2D eigenvalue weighted by molar-refractivity contribution is 0.0697. The number of aromatic nitrogens is 1. The number of hydrogen-bond donors (Lipinski definition) is 2. The van der Waals surface area contributed by atoms with Gasteiger partial charge in [0.15, 0.2) is 0 Å². The van der Waals surface area contributed by atoms with Crippen molar-refractivity contribution < 1.29 is 18.3 Å². The first-order valence-corrected chi connectivity index (χ1v) is 9.62. The zero-order chi connectivity index (χ0) is 18.9. The molecule has 0 spiro atoms. The van der Waals surface area contributed by atoms with Gasteiger partial charge in [0.1, 0.15) is 0 Å². The summed E-state index contributed by atoms with van der Waals surface area (Å²) in [5.74, 6) is -1.18. The maximum Gasteiger partial charge on any atom is 0.337 e. The first-order valence-electron chi connectivity index (χ1n) is 8.08. The minimum Gasteiger partial charge on any atom is -0.478 e. The number of nitrogens with zero attached hydrogens (tertiary/aromatic N) is 3. The first kappa shape index (κ1) is 18.2. The highest BCUT2D eigenvalue weighted by atomic mass is 32.2. The molecule has 138 valence electrons. The molecule has 2 aromatic rings. The number of carboxylic acids is 1. The lowest BCUT2D eigenvalue weighted by Gasteiger charge is -2.38. The molecule has 0 atom stereocenters. The van der Waals surface area contributed by atoms with Crippen molar-refractivity contribution in [3.63, 3.8) is 0 Å². The zero-order valence-electron chi connectivity index (χ0n) is 14.3. The van der Waals surface area contributed by atoms with E-state index in [2.05, 4.69) is 9.88 Å². The average Bonchev–Trinajstić information content (AvgIpc) is 2.61. The van der Waals surface area contributed by atoms with Gasteiger partial charge < -0.3 is 14.9 Å². The molecule has 0 amide bonds. The van der Waals surface area contributed by atoms with Crippen LogP contribution in [0.4, 0.5) is 11.4 Å². The number of pyridine rings is 1. The molecule has 1 aliphatic heterocycles. The standard InChI is InChI=1S/C17H20N4O4S/c1-12-4-5-19-11-16(12)21-8-6-20(7-9-21)15-3-2-13(26(18,24)25)10-14(15)17(22)23/h2-5,10-11H,6-9H2,1H3,(H,22,23)(H2,18,24,25). The van der Waals surface area contributed by atoms with E-state index < -0.39 is 16.0 Å². The van der Waals surface area contributed by atoms with Gasteiger partial charge in [-0.05, 0) is 36.8 Å². The highest BCUT2D eigenvalue weighted by Gasteiger charge is 2.24. The molecule has 0 aliphatic carbocycles. The molecule has 1 saturated heterocycles. The number of nitrogens with two attached hydrogens (primary N) is 1. The van der Waals surface area contributed by atoms with Crippen molar-refractivity contribution in [2.24, 2.45) is 5.14 Å². The van der Waals surface area contributed by atoms with Gasteiger partial charge in [-0.1, -0.05) is 0 Å². The van der Waals surface area contributed by atoms with Crippen LogP contribution in [0.2, 0.25) is 0 Å². The monoisotopic (exact) mass is 376 g/mol. The highest BCUT2D eigenvalue weighted by Crippen LogP contribution is 2.27. The van der Waals surface area contributed by atoms with Crippen LogP contribution in [0.15, 0.2) is 41.6 Å². The largest absolute Gasteiger partial charge is 0.478 e. The molecular weight excluding hydrogens is 356 g/mol. The van der Waals surface area contributed by atoms with Crippen LogP contribution in [0.5, 0.6) is 0 Å². The summed E-state index contributed by atoms with van der Waals surface area (Å²) in [6.07, 6.45) is 3.58. The molecule has 0 bridgehead atoms. The number of benzene rings is 1. The summed E-state index contributed by atoms with van der Waals surface area (Å²) in [7, 11) is -3.95. The summed E-state index contributed by atoms with van der Waals surface area (Å²) in [4.78, 5) is 19.7. The maximum atomic E-state index is 11.6. The number of aromatic carboxylic acids is 1. The van der Waals surface area contributed by atoms with Gasteiger partial charge in [-0.15, -0.1) is 0 Å². The Balaban J connectivity index is 1.83. The molecule has 3 rings (SSSR count). The summed E-state index contributed by atoms with van der Waals surface area (Å²) < 4.78 is 23.0. The predicted molar refractivity (Wildman–Crippen MR) is 98.2 cm³/mol. The van der Waals surface area contributed by atoms with Crippen molar-refractivity contribution in [1.82, 2.24) is 4.98 Å². The fraction of sp³-hybridized carbons (Fsp3) is 0.294. The maximum absolute atomic E-state index is 11.6. The van der Waals surface area contributed by atoms with Gasteiger partial charge in [0.05, 0.1) is 28.0 Å². The smallest absolute Gasteiger partial charge is 0.337 e. The summed E-state index contributed by atoms with van der Waals surface area (Å²) in [5, 5.41) is 14.6. The van der Waals surface area contributed by atoms with E-state index >= 15 is 0 Å². The van der Waals surface area contributed by atoms with Gasteiger partial charge in [0, 0.05) is 32.4 Å². The van der Waals surface area contributed by atoms with Crippen LogP contribution in [-0.4, -0.2) is 50.7 Å². The number of carboxylic acid groups (broad SMARTS) is 1. The van der Waals surface area contributed by atoms with Crippen LogP contribution in [-0.2, 0) is 10.0 Å². The Kier molecular flexibility index (Phi) is 4.84. The number of anilines is 2. The van der Waals surface area contributed by atoms with Crippen LogP contribution in [0.3, 0.4) is 0 Å². The molecule has 1 aromatic carbocycles. The summed E-state index contributed by atoms with van der Waals surface area (Å²) in [6.45, 7) is 4.68. The van der Waals surface area contributed by atoms with Crippen molar-refractivity contribution >= 4 is 27.4 Å². The number of carbonyl (C=O) groups is 1. The van der Waals surface area contributed by atoms with Gasteiger partial charge in [0.2, 0.25) is 10.0 Å². The Morgan fingerprint density at radius 1 is 1.12 bits per heavy atom. The second kappa shape index (κ2) is 6.93. The number of rotatable bonds is 4. The summed E-state index contributed by atoms with van der Waals surface area (Å²) in [5.41, 5.74) is 2.63. The first-order chi connectivity index (χ1) is 12.3. The van der Waals surface area contributed by atoms with Crippen molar-refractivity contribution in [2.45, 2.75) is 11.8 Å². The van der Waals surface area contributed by atoms with Crippen LogP contribution in [0, 0.1) is 6.92 Å². The lowest BCUT2D eigenvalue weighted by atomic mass is 10.1. The topological polar surface area (TPSA) is 117 Å². The van der Waals surface area contributed by atoms with Gasteiger partial charge in [0.25, 0.3) is 0 Å². The Morgan fingerprint density at radius 3 is 2.27 bits per heavy atom. The van der Waals surface area contributed by atoms with E-state index in [4.69, 9.17) is 5.14 Å². The minimum atomic E-state index is -3.95. The van der Waals surface area contributed by atoms with Crippen LogP contribution in [0.1, 0.15) is 15.9 Å². The van der Waals surface area contributed by atoms with Crippen molar-refractivity contribution in [1.29, 1.82) is 0 Å². The van der Waals surface area contributed by atoms with E-state index in [9.17, 15) is 18.3 Å².